The lowest BCUT2D eigenvalue weighted by Gasteiger charge is -2.05. The minimum atomic E-state index is 0.346. The van der Waals surface area contributed by atoms with Gasteiger partial charge in [-0.3, -0.25) is 0 Å². The Hall–Kier alpha value is -1.24. The van der Waals surface area contributed by atoms with Crippen LogP contribution in [0.4, 0.5) is 0 Å². The Morgan fingerprint density at radius 2 is 1.67 bits per heavy atom. The third kappa shape index (κ3) is 1.67. The lowest BCUT2D eigenvalue weighted by molar-refractivity contribution is 0.474. The number of aryl methyl sites for hydroxylation is 2. The molecule has 0 saturated carbocycles. The molecule has 1 heteroatoms. The van der Waals surface area contributed by atoms with Crippen molar-refractivity contribution in [3.05, 3.63) is 34.9 Å². The van der Waals surface area contributed by atoms with E-state index in [2.05, 4.69) is 6.08 Å². The minimum absolute atomic E-state index is 0.346. The number of hydrogen-bond donors (Lipinski definition) is 1. The minimum Gasteiger partial charge on any atom is -0.508 e. The molecule has 0 bridgehead atoms. The topological polar surface area (TPSA) is 20.2 Å². The van der Waals surface area contributed by atoms with Crippen LogP contribution in [0.3, 0.4) is 0 Å². The fourth-order valence-corrected chi connectivity index (χ4v) is 1.38. The second-order valence-electron chi connectivity index (χ2n) is 2.99. The van der Waals surface area contributed by atoms with Crippen LogP contribution in [0.5, 0.6) is 5.75 Å². The summed E-state index contributed by atoms with van der Waals surface area (Å²) in [5, 5.41) is 9.26. The van der Waals surface area contributed by atoms with E-state index in [9.17, 15) is 5.11 Å². The molecule has 1 aromatic rings. The summed E-state index contributed by atoms with van der Waals surface area (Å²) in [6, 6.07) is 3.56. The summed E-state index contributed by atoms with van der Waals surface area (Å²) in [7, 11) is 0. The van der Waals surface area contributed by atoms with Crippen molar-refractivity contribution in [2.24, 2.45) is 0 Å². The number of hydrogen-bond acceptors (Lipinski definition) is 1. The van der Waals surface area contributed by atoms with Gasteiger partial charge in [-0.1, -0.05) is 12.2 Å². The Morgan fingerprint density at radius 3 is 2.08 bits per heavy atom. The largest absolute Gasteiger partial charge is 0.508 e. The monoisotopic (exact) mass is 162 g/mol. The van der Waals surface area contributed by atoms with Crippen LogP contribution in [0.15, 0.2) is 18.2 Å². The van der Waals surface area contributed by atoms with Crippen molar-refractivity contribution < 1.29 is 5.11 Å². The van der Waals surface area contributed by atoms with Crippen molar-refractivity contribution in [1.29, 1.82) is 0 Å². The van der Waals surface area contributed by atoms with Crippen molar-refractivity contribution in [3.8, 4) is 5.75 Å². The molecule has 0 aromatic heterocycles. The molecule has 1 rings (SSSR count). The molecule has 0 heterocycles. The Bertz CT molecular complexity index is 288. The van der Waals surface area contributed by atoms with E-state index in [1.54, 1.807) is 12.1 Å². The lowest BCUT2D eigenvalue weighted by atomic mass is 10.0. The molecule has 0 spiro atoms. The summed E-state index contributed by atoms with van der Waals surface area (Å²) in [6.45, 7) is 6.00. The quantitative estimate of drug-likeness (QED) is 0.673. The molecule has 0 aliphatic heterocycles. The SMILES string of the molecule is C/C=C\c1c(C)cc(O)cc1C. The van der Waals surface area contributed by atoms with E-state index in [-0.39, 0.29) is 0 Å². The summed E-state index contributed by atoms with van der Waals surface area (Å²) in [4.78, 5) is 0. The number of allylic oxidation sites excluding steroid dienone is 1. The van der Waals surface area contributed by atoms with E-state index in [0.29, 0.717) is 5.75 Å². The molecule has 0 atom stereocenters. The number of phenolic OH excluding ortho intramolecular Hbond substituents is 1. The van der Waals surface area contributed by atoms with Gasteiger partial charge in [0.25, 0.3) is 0 Å². The van der Waals surface area contributed by atoms with Gasteiger partial charge in [-0.15, -0.1) is 0 Å². The van der Waals surface area contributed by atoms with Gasteiger partial charge in [0.1, 0.15) is 5.75 Å². The zero-order chi connectivity index (χ0) is 9.14. The van der Waals surface area contributed by atoms with Crippen molar-refractivity contribution in [3.63, 3.8) is 0 Å². The third-order valence-corrected chi connectivity index (χ3v) is 1.91. The first-order chi connectivity index (χ1) is 5.65. The van der Waals surface area contributed by atoms with Crippen LogP contribution in [0.1, 0.15) is 23.6 Å². The Morgan fingerprint density at radius 1 is 1.17 bits per heavy atom. The third-order valence-electron chi connectivity index (χ3n) is 1.91. The molecule has 1 N–H and O–H groups in total. The van der Waals surface area contributed by atoms with Crippen molar-refractivity contribution in [2.75, 3.05) is 0 Å². The molecule has 0 amide bonds. The highest BCUT2D eigenvalue weighted by molar-refractivity contribution is 5.59. The number of aromatic hydroxyl groups is 1. The van der Waals surface area contributed by atoms with Gasteiger partial charge in [-0.25, -0.2) is 0 Å². The summed E-state index contributed by atoms with van der Waals surface area (Å²) >= 11 is 0. The van der Waals surface area contributed by atoms with Gasteiger partial charge in [0.2, 0.25) is 0 Å². The smallest absolute Gasteiger partial charge is 0.116 e. The van der Waals surface area contributed by atoms with E-state index in [1.807, 2.05) is 26.8 Å². The van der Waals surface area contributed by atoms with Gasteiger partial charge in [-0.2, -0.15) is 0 Å². The fraction of sp³-hybridized carbons (Fsp3) is 0.273. The first kappa shape index (κ1) is 8.85. The molecule has 0 fully saturated rings. The van der Waals surface area contributed by atoms with Crippen LogP contribution >= 0.6 is 0 Å². The predicted octanol–water partition coefficient (Wildman–Crippen LogP) is 3.04. The van der Waals surface area contributed by atoms with E-state index < -0.39 is 0 Å². The van der Waals surface area contributed by atoms with Crippen molar-refractivity contribution in [1.82, 2.24) is 0 Å². The second-order valence-corrected chi connectivity index (χ2v) is 2.99. The van der Waals surface area contributed by atoms with E-state index in [4.69, 9.17) is 0 Å². The van der Waals surface area contributed by atoms with Crippen LogP contribution in [0, 0.1) is 13.8 Å². The number of rotatable bonds is 1. The summed E-state index contributed by atoms with van der Waals surface area (Å²) < 4.78 is 0. The van der Waals surface area contributed by atoms with Gasteiger partial charge in [0, 0.05) is 0 Å². The Balaban J connectivity index is 3.28. The van der Waals surface area contributed by atoms with Gasteiger partial charge in [0.15, 0.2) is 0 Å². The van der Waals surface area contributed by atoms with Gasteiger partial charge in [0.05, 0.1) is 0 Å². The van der Waals surface area contributed by atoms with Gasteiger partial charge >= 0.3 is 0 Å². The van der Waals surface area contributed by atoms with E-state index in [1.165, 1.54) is 5.56 Å². The summed E-state index contributed by atoms with van der Waals surface area (Å²) in [6.07, 6.45) is 4.07. The first-order valence-electron chi connectivity index (χ1n) is 4.08. The maximum atomic E-state index is 9.26. The maximum Gasteiger partial charge on any atom is 0.116 e. The highest BCUT2D eigenvalue weighted by Gasteiger charge is 2.00. The summed E-state index contributed by atoms with van der Waals surface area (Å²) in [5.41, 5.74) is 3.44. The van der Waals surface area contributed by atoms with Crippen LogP contribution in [-0.4, -0.2) is 5.11 Å². The Kier molecular flexibility index (Phi) is 2.54. The molecule has 0 aliphatic rings. The van der Waals surface area contributed by atoms with Gasteiger partial charge < -0.3 is 5.11 Å². The maximum absolute atomic E-state index is 9.26. The average Bonchev–Trinajstić information content (AvgIpc) is 1.96. The van der Waals surface area contributed by atoms with Crippen molar-refractivity contribution in [2.45, 2.75) is 20.8 Å². The van der Waals surface area contributed by atoms with E-state index in [0.717, 1.165) is 11.1 Å². The normalized spacial score (nSPS) is 10.9. The van der Waals surface area contributed by atoms with E-state index >= 15 is 0 Å². The zero-order valence-electron chi connectivity index (χ0n) is 7.76. The molecular weight excluding hydrogens is 148 g/mol. The first-order valence-corrected chi connectivity index (χ1v) is 4.08. The molecule has 12 heavy (non-hydrogen) atoms. The molecule has 1 nitrogen and oxygen atoms in total. The average molecular weight is 162 g/mol. The van der Waals surface area contributed by atoms with Crippen LogP contribution < -0.4 is 0 Å². The molecule has 64 valence electrons. The molecular formula is C11H14O. The predicted molar refractivity (Wildman–Crippen MR) is 52.3 cm³/mol. The van der Waals surface area contributed by atoms with Crippen LogP contribution in [-0.2, 0) is 0 Å². The standard InChI is InChI=1S/C11H14O/c1-4-5-11-8(2)6-10(12)7-9(11)3/h4-7,12H,1-3H3/b5-4-. The molecule has 0 aliphatic carbocycles. The van der Waals surface area contributed by atoms with Crippen LogP contribution in [0.25, 0.3) is 6.08 Å². The molecule has 0 unspecified atom stereocenters. The molecule has 0 radical (unpaired) electrons. The second kappa shape index (κ2) is 3.44. The number of phenols is 1. The van der Waals surface area contributed by atoms with Gasteiger partial charge in [-0.05, 0) is 49.6 Å². The fourth-order valence-electron chi connectivity index (χ4n) is 1.38. The highest BCUT2D eigenvalue weighted by atomic mass is 16.3. The summed E-state index contributed by atoms with van der Waals surface area (Å²) in [5.74, 6) is 0.346. The molecule has 1 aromatic carbocycles. The lowest BCUT2D eigenvalue weighted by Crippen LogP contribution is -1.85. The van der Waals surface area contributed by atoms with Crippen LogP contribution in [0.2, 0.25) is 0 Å². The molecule has 0 saturated heterocycles. The van der Waals surface area contributed by atoms with Crippen molar-refractivity contribution >= 4 is 6.08 Å². The zero-order valence-corrected chi connectivity index (χ0v) is 7.76. The number of benzene rings is 1. The highest BCUT2D eigenvalue weighted by Crippen LogP contribution is 2.21. The Labute approximate surface area is 73.4 Å².